The van der Waals surface area contributed by atoms with Gasteiger partial charge in [0.25, 0.3) is 0 Å². The number of pyridine rings is 2. The maximum Gasteiger partial charge on any atom is 0.143 e. The molecule has 0 unspecified atom stereocenters. The first-order valence-electron chi connectivity index (χ1n) is 10.6. The van der Waals surface area contributed by atoms with Crippen molar-refractivity contribution in [2.24, 2.45) is 0 Å². The molecule has 152 valence electrons. The Morgan fingerprint density at radius 1 is 0.933 bits per heavy atom. The molecule has 0 N–H and O–H groups in total. The number of para-hydroxylation sites is 1. The van der Waals surface area contributed by atoms with E-state index < -0.39 is 0 Å². The number of aromatic nitrogens is 3. The molecule has 5 rings (SSSR count). The predicted octanol–water partition coefficient (Wildman–Crippen LogP) is 5.28. The van der Waals surface area contributed by atoms with Crippen LogP contribution in [0.4, 0.5) is 0 Å². The molecule has 4 aromatic rings. The van der Waals surface area contributed by atoms with Gasteiger partial charge in [-0.3, -0.25) is 14.9 Å². The number of nitrogens with zero attached hydrogens (tertiary/aromatic N) is 4. The standard InChI is InChI=1S/C25H26N4O/c1-17-25(18(2)30-28-17)24-9-5-8-23(27-24)20-12-14-29(15-13-20)16-21-11-10-19-6-3-4-7-22(19)26-21/h3-11,20H,12-16H2,1-2H3. The zero-order valence-electron chi connectivity index (χ0n) is 17.5. The van der Waals surface area contributed by atoms with Gasteiger partial charge in [0.15, 0.2) is 0 Å². The SMILES string of the molecule is Cc1noc(C)c1-c1cccc(C2CCN(Cc3ccc4ccccc4n3)CC2)n1. The van der Waals surface area contributed by atoms with Crippen molar-refractivity contribution < 1.29 is 4.52 Å². The molecule has 0 radical (unpaired) electrons. The van der Waals surface area contributed by atoms with Crippen molar-refractivity contribution in [2.75, 3.05) is 13.1 Å². The second kappa shape index (κ2) is 8.00. The van der Waals surface area contributed by atoms with Gasteiger partial charge in [0.1, 0.15) is 5.76 Å². The summed E-state index contributed by atoms with van der Waals surface area (Å²) in [5, 5.41) is 5.27. The van der Waals surface area contributed by atoms with Gasteiger partial charge < -0.3 is 4.52 Å². The third-order valence-corrected chi connectivity index (χ3v) is 6.11. The molecule has 1 aliphatic heterocycles. The van der Waals surface area contributed by atoms with Gasteiger partial charge in [-0.2, -0.15) is 0 Å². The topological polar surface area (TPSA) is 55.1 Å². The normalized spacial score (nSPS) is 15.7. The summed E-state index contributed by atoms with van der Waals surface area (Å²) < 4.78 is 5.33. The number of piperidine rings is 1. The van der Waals surface area contributed by atoms with Crippen molar-refractivity contribution in [2.45, 2.75) is 39.2 Å². The molecule has 1 aromatic carbocycles. The van der Waals surface area contributed by atoms with Crippen LogP contribution in [0.15, 0.2) is 59.1 Å². The minimum atomic E-state index is 0.492. The molecule has 30 heavy (non-hydrogen) atoms. The molecular weight excluding hydrogens is 372 g/mol. The van der Waals surface area contributed by atoms with Crippen LogP contribution in [-0.4, -0.2) is 33.1 Å². The zero-order chi connectivity index (χ0) is 20.5. The average molecular weight is 399 g/mol. The quantitative estimate of drug-likeness (QED) is 0.468. The highest BCUT2D eigenvalue weighted by Crippen LogP contribution is 2.31. The van der Waals surface area contributed by atoms with Crippen molar-refractivity contribution in [1.82, 2.24) is 20.0 Å². The molecule has 5 nitrogen and oxygen atoms in total. The minimum absolute atomic E-state index is 0.492. The molecule has 4 heterocycles. The van der Waals surface area contributed by atoms with Gasteiger partial charge in [-0.25, -0.2) is 0 Å². The van der Waals surface area contributed by atoms with Gasteiger partial charge in [0.05, 0.1) is 28.2 Å². The van der Waals surface area contributed by atoms with Crippen LogP contribution in [0, 0.1) is 13.8 Å². The Morgan fingerprint density at radius 3 is 2.57 bits per heavy atom. The van der Waals surface area contributed by atoms with Crippen LogP contribution in [0.25, 0.3) is 22.2 Å². The Balaban J connectivity index is 1.26. The molecule has 0 saturated carbocycles. The number of likely N-dealkylation sites (tertiary alicyclic amines) is 1. The third-order valence-electron chi connectivity index (χ3n) is 6.11. The number of rotatable bonds is 4. The van der Waals surface area contributed by atoms with E-state index in [1.165, 1.54) is 11.1 Å². The second-order valence-electron chi connectivity index (χ2n) is 8.19. The Hall–Kier alpha value is -3.05. The fourth-order valence-electron chi connectivity index (χ4n) is 4.48. The van der Waals surface area contributed by atoms with Gasteiger partial charge in [-0.15, -0.1) is 0 Å². The summed E-state index contributed by atoms with van der Waals surface area (Å²) in [6, 6.07) is 19.0. The van der Waals surface area contributed by atoms with Crippen LogP contribution in [0.1, 0.15) is 41.6 Å². The molecule has 0 bridgehead atoms. The van der Waals surface area contributed by atoms with E-state index in [1.54, 1.807) is 0 Å². The molecular formula is C25H26N4O. The van der Waals surface area contributed by atoms with Crippen molar-refractivity contribution in [3.8, 4) is 11.3 Å². The summed E-state index contributed by atoms with van der Waals surface area (Å²) in [6.07, 6.45) is 2.23. The lowest BCUT2D eigenvalue weighted by Gasteiger charge is -2.31. The summed E-state index contributed by atoms with van der Waals surface area (Å²) >= 11 is 0. The van der Waals surface area contributed by atoms with Crippen LogP contribution in [0.5, 0.6) is 0 Å². The van der Waals surface area contributed by atoms with Crippen molar-refractivity contribution in [3.63, 3.8) is 0 Å². The first kappa shape index (κ1) is 18.9. The molecule has 3 aromatic heterocycles. The number of fused-ring (bicyclic) bond motifs is 1. The monoisotopic (exact) mass is 398 g/mol. The maximum atomic E-state index is 5.33. The predicted molar refractivity (Wildman–Crippen MR) is 118 cm³/mol. The van der Waals surface area contributed by atoms with E-state index in [1.807, 2.05) is 19.9 Å². The number of aryl methyl sites for hydroxylation is 2. The first-order valence-corrected chi connectivity index (χ1v) is 10.6. The van der Waals surface area contributed by atoms with E-state index in [-0.39, 0.29) is 0 Å². The highest BCUT2D eigenvalue weighted by atomic mass is 16.5. The second-order valence-corrected chi connectivity index (χ2v) is 8.19. The lowest BCUT2D eigenvalue weighted by molar-refractivity contribution is 0.201. The lowest BCUT2D eigenvalue weighted by Crippen LogP contribution is -2.33. The average Bonchev–Trinajstić information content (AvgIpc) is 3.12. The van der Waals surface area contributed by atoms with Crippen LogP contribution in [-0.2, 0) is 6.54 Å². The number of hydrogen-bond donors (Lipinski definition) is 0. The largest absolute Gasteiger partial charge is 0.361 e. The summed E-state index contributed by atoms with van der Waals surface area (Å²) in [5.74, 6) is 1.32. The van der Waals surface area contributed by atoms with Gasteiger partial charge in [-0.05, 0) is 64.0 Å². The summed E-state index contributed by atoms with van der Waals surface area (Å²) in [4.78, 5) is 12.3. The van der Waals surface area contributed by atoms with E-state index in [9.17, 15) is 0 Å². The van der Waals surface area contributed by atoms with Crippen molar-refractivity contribution in [3.05, 3.63) is 77.4 Å². The van der Waals surface area contributed by atoms with Crippen LogP contribution >= 0.6 is 0 Å². The van der Waals surface area contributed by atoms with Gasteiger partial charge in [0.2, 0.25) is 0 Å². The van der Waals surface area contributed by atoms with Gasteiger partial charge in [0, 0.05) is 23.5 Å². The lowest BCUT2D eigenvalue weighted by atomic mass is 9.92. The Kier molecular flexibility index (Phi) is 5.05. The third kappa shape index (κ3) is 3.73. The summed E-state index contributed by atoms with van der Waals surface area (Å²) in [5.41, 5.74) is 6.28. The molecule has 0 aliphatic carbocycles. The minimum Gasteiger partial charge on any atom is -0.361 e. The van der Waals surface area contributed by atoms with Crippen LogP contribution < -0.4 is 0 Å². The zero-order valence-corrected chi connectivity index (χ0v) is 17.5. The highest BCUT2D eigenvalue weighted by Gasteiger charge is 2.23. The van der Waals surface area contributed by atoms with Crippen molar-refractivity contribution in [1.29, 1.82) is 0 Å². The summed E-state index contributed by atoms with van der Waals surface area (Å²) in [6.45, 7) is 6.96. The molecule has 1 aliphatic rings. The van der Waals surface area contributed by atoms with Crippen LogP contribution in [0.2, 0.25) is 0 Å². The molecule has 0 atom stereocenters. The number of hydrogen-bond acceptors (Lipinski definition) is 5. The first-order chi connectivity index (χ1) is 14.7. The smallest absolute Gasteiger partial charge is 0.143 e. The van der Waals surface area contributed by atoms with E-state index in [0.29, 0.717) is 5.92 Å². The Morgan fingerprint density at radius 2 is 1.77 bits per heavy atom. The molecule has 1 fully saturated rings. The number of benzene rings is 1. The van der Waals surface area contributed by atoms with E-state index >= 15 is 0 Å². The Labute approximate surface area is 176 Å². The molecule has 0 spiro atoms. The van der Waals surface area contributed by atoms with Crippen LogP contribution in [0.3, 0.4) is 0 Å². The van der Waals surface area contributed by atoms with Gasteiger partial charge >= 0.3 is 0 Å². The van der Waals surface area contributed by atoms with E-state index in [4.69, 9.17) is 14.5 Å². The molecule has 1 saturated heterocycles. The fourth-order valence-corrected chi connectivity index (χ4v) is 4.48. The molecule has 5 heteroatoms. The van der Waals surface area contributed by atoms with Gasteiger partial charge in [-0.1, -0.05) is 35.5 Å². The maximum absolute atomic E-state index is 5.33. The fraction of sp³-hybridized carbons (Fsp3) is 0.320. The highest BCUT2D eigenvalue weighted by molar-refractivity contribution is 5.78. The van der Waals surface area contributed by atoms with E-state index in [0.717, 1.165) is 66.4 Å². The van der Waals surface area contributed by atoms with Crippen molar-refractivity contribution >= 4 is 10.9 Å². The summed E-state index contributed by atoms with van der Waals surface area (Å²) in [7, 11) is 0. The molecule has 0 amide bonds. The van der Waals surface area contributed by atoms with E-state index in [2.05, 4.69) is 58.6 Å². The Bertz CT molecular complexity index is 1160.